The smallest absolute Gasteiger partial charge is 0.165 e. The van der Waals surface area contributed by atoms with E-state index in [4.69, 9.17) is 14.7 Å². The molecular weight excluding hydrogens is 252 g/mol. The van der Waals surface area contributed by atoms with Gasteiger partial charge in [0.05, 0.1) is 19.8 Å². The average molecular weight is 274 g/mol. The quantitative estimate of drug-likeness (QED) is 0.703. The second kappa shape index (κ2) is 7.76. The molecule has 0 radical (unpaired) electrons. The number of ether oxygens (including phenoxy) is 2. The Morgan fingerprint density at radius 2 is 2.20 bits per heavy atom. The Hall–Kier alpha value is -1.73. The van der Waals surface area contributed by atoms with Gasteiger partial charge in [-0.3, -0.25) is 0 Å². The van der Waals surface area contributed by atoms with Gasteiger partial charge in [0.15, 0.2) is 11.5 Å². The number of benzene rings is 1. The normalized spacial score (nSPS) is 13.8. The molecule has 0 amide bonds. The van der Waals surface area contributed by atoms with Crippen molar-refractivity contribution < 1.29 is 9.47 Å². The van der Waals surface area contributed by atoms with Crippen molar-refractivity contribution in [3.8, 4) is 17.6 Å². The van der Waals surface area contributed by atoms with Gasteiger partial charge in [0.25, 0.3) is 0 Å². The number of hydrogen-bond acceptors (Lipinski definition) is 4. The minimum Gasteiger partial charge on any atom is -0.493 e. The summed E-state index contributed by atoms with van der Waals surface area (Å²) in [5, 5.41) is 12.0. The van der Waals surface area contributed by atoms with Gasteiger partial charge in [0.1, 0.15) is 0 Å². The number of rotatable bonds is 9. The highest BCUT2D eigenvalue weighted by Gasteiger charge is 2.21. The zero-order valence-corrected chi connectivity index (χ0v) is 12.0. The van der Waals surface area contributed by atoms with E-state index in [2.05, 4.69) is 17.5 Å². The lowest BCUT2D eigenvalue weighted by Gasteiger charge is -2.15. The lowest BCUT2D eigenvalue weighted by molar-refractivity contribution is 0.283. The molecule has 1 fully saturated rings. The molecule has 0 unspecified atom stereocenters. The molecule has 0 aliphatic heterocycles. The van der Waals surface area contributed by atoms with Crippen molar-refractivity contribution in [3.63, 3.8) is 0 Å². The van der Waals surface area contributed by atoms with Gasteiger partial charge in [0.2, 0.25) is 0 Å². The van der Waals surface area contributed by atoms with Crippen LogP contribution in [0.5, 0.6) is 11.5 Å². The summed E-state index contributed by atoms with van der Waals surface area (Å²) in [6, 6.07) is 8.81. The van der Waals surface area contributed by atoms with Gasteiger partial charge in [-0.25, -0.2) is 0 Å². The van der Waals surface area contributed by atoms with Crippen molar-refractivity contribution in [1.29, 1.82) is 5.26 Å². The van der Waals surface area contributed by atoms with Crippen LogP contribution in [0.15, 0.2) is 18.2 Å². The molecule has 0 aromatic heterocycles. The highest BCUT2D eigenvalue weighted by atomic mass is 16.5. The van der Waals surface area contributed by atoms with Crippen LogP contribution in [0.4, 0.5) is 0 Å². The SMILES string of the molecule is COc1cccc(CNC2CC2)c1OCCCCC#N. The summed E-state index contributed by atoms with van der Waals surface area (Å²) in [6.45, 7) is 1.44. The molecule has 1 saturated carbocycles. The fourth-order valence-corrected chi connectivity index (χ4v) is 2.05. The molecule has 0 atom stereocenters. The van der Waals surface area contributed by atoms with Crippen LogP contribution >= 0.6 is 0 Å². The van der Waals surface area contributed by atoms with Crippen molar-refractivity contribution in [2.75, 3.05) is 13.7 Å². The Labute approximate surface area is 120 Å². The van der Waals surface area contributed by atoms with Crippen LogP contribution in [0, 0.1) is 11.3 Å². The van der Waals surface area contributed by atoms with Crippen LogP contribution in [0.2, 0.25) is 0 Å². The molecule has 1 aromatic rings. The summed E-state index contributed by atoms with van der Waals surface area (Å²) in [4.78, 5) is 0. The number of hydrogen-bond donors (Lipinski definition) is 1. The molecule has 4 heteroatoms. The zero-order valence-electron chi connectivity index (χ0n) is 12.0. The molecule has 108 valence electrons. The maximum atomic E-state index is 8.52. The first-order valence-electron chi connectivity index (χ1n) is 7.24. The number of methoxy groups -OCH3 is 1. The van der Waals surface area contributed by atoms with E-state index in [1.54, 1.807) is 7.11 Å². The van der Waals surface area contributed by atoms with Crippen LogP contribution in [-0.2, 0) is 6.54 Å². The van der Waals surface area contributed by atoms with Crippen LogP contribution in [0.1, 0.15) is 37.7 Å². The summed E-state index contributed by atoms with van der Waals surface area (Å²) in [6.07, 6.45) is 4.90. The van der Waals surface area contributed by atoms with Gasteiger partial charge in [-0.1, -0.05) is 12.1 Å². The number of nitriles is 1. The summed E-state index contributed by atoms with van der Waals surface area (Å²) < 4.78 is 11.3. The van der Waals surface area contributed by atoms with E-state index in [0.717, 1.165) is 36.4 Å². The van der Waals surface area contributed by atoms with E-state index >= 15 is 0 Å². The van der Waals surface area contributed by atoms with Gasteiger partial charge in [-0.15, -0.1) is 0 Å². The van der Waals surface area contributed by atoms with Crippen molar-refractivity contribution in [2.24, 2.45) is 0 Å². The summed E-state index contributed by atoms with van der Waals surface area (Å²) in [5.74, 6) is 1.61. The maximum Gasteiger partial charge on any atom is 0.165 e. The molecule has 0 saturated heterocycles. The maximum absolute atomic E-state index is 8.52. The number of para-hydroxylation sites is 1. The van der Waals surface area contributed by atoms with Gasteiger partial charge >= 0.3 is 0 Å². The van der Waals surface area contributed by atoms with Gasteiger partial charge in [-0.05, 0) is 31.7 Å². The number of nitrogens with one attached hydrogen (secondary N) is 1. The zero-order chi connectivity index (χ0) is 14.2. The highest BCUT2D eigenvalue weighted by Crippen LogP contribution is 2.32. The first-order valence-corrected chi connectivity index (χ1v) is 7.24. The predicted molar refractivity (Wildman–Crippen MR) is 77.8 cm³/mol. The summed E-state index contributed by atoms with van der Waals surface area (Å²) in [7, 11) is 1.66. The molecule has 1 aromatic carbocycles. The lowest BCUT2D eigenvalue weighted by Crippen LogP contribution is -2.16. The van der Waals surface area contributed by atoms with Crippen LogP contribution in [0.25, 0.3) is 0 Å². The fourth-order valence-electron chi connectivity index (χ4n) is 2.05. The number of unbranched alkanes of at least 4 members (excludes halogenated alkanes) is 2. The third kappa shape index (κ3) is 4.43. The second-order valence-corrected chi connectivity index (χ2v) is 5.07. The molecule has 4 nitrogen and oxygen atoms in total. The monoisotopic (exact) mass is 274 g/mol. The van der Waals surface area contributed by atoms with Gasteiger partial charge in [0, 0.05) is 24.6 Å². The second-order valence-electron chi connectivity index (χ2n) is 5.07. The molecular formula is C16H22N2O2. The molecule has 0 heterocycles. The predicted octanol–water partition coefficient (Wildman–Crippen LogP) is 3.02. The first-order chi connectivity index (χ1) is 9.85. The van der Waals surface area contributed by atoms with E-state index in [9.17, 15) is 0 Å². The lowest BCUT2D eigenvalue weighted by atomic mass is 10.1. The molecule has 0 spiro atoms. The number of nitrogens with zero attached hydrogens (tertiary/aromatic N) is 1. The fraction of sp³-hybridized carbons (Fsp3) is 0.562. The molecule has 2 rings (SSSR count). The van der Waals surface area contributed by atoms with Crippen molar-refractivity contribution in [1.82, 2.24) is 5.32 Å². The highest BCUT2D eigenvalue weighted by molar-refractivity contribution is 5.46. The Kier molecular flexibility index (Phi) is 5.69. The Morgan fingerprint density at radius 3 is 2.90 bits per heavy atom. The van der Waals surface area contributed by atoms with Crippen molar-refractivity contribution >= 4 is 0 Å². The minimum atomic E-state index is 0.589. The van der Waals surface area contributed by atoms with E-state index in [-0.39, 0.29) is 0 Å². The van der Waals surface area contributed by atoms with Gasteiger partial charge < -0.3 is 14.8 Å². The Balaban J connectivity index is 1.93. The molecule has 1 aliphatic carbocycles. The summed E-state index contributed by atoms with van der Waals surface area (Å²) in [5.41, 5.74) is 1.14. The van der Waals surface area contributed by atoms with Gasteiger partial charge in [-0.2, -0.15) is 5.26 Å². The van der Waals surface area contributed by atoms with E-state index in [1.165, 1.54) is 12.8 Å². The minimum absolute atomic E-state index is 0.589. The van der Waals surface area contributed by atoms with E-state index < -0.39 is 0 Å². The largest absolute Gasteiger partial charge is 0.493 e. The van der Waals surface area contributed by atoms with Crippen LogP contribution < -0.4 is 14.8 Å². The van der Waals surface area contributed by atoms with E-state index in [0.29, 0.717) is 19.1 Å². The third-order valence-corrected chi connectivity index (χ3v) is 3.37. The molecule has 1 aliphatic rings. The Bertz CT molecular complexity index is 464. The first kappa shape index (κ1) is 14.7. The molecule has 0 bridgehead atoms. The molecule has 1 N–H and O–H groups in total. The molecule has 20 heavy (non-hydrogen) atoms. The van der Waals surface area contributed by atoms with E-state index in [1.807, 2.05) is 12.1 Å². The average Bonchev–Trinajstić information content (AvgIpc) is 3.29. The van der Waals surface area contributed by atoms with Crippen molar-refractivity contribution in [2.45, 2.75) is 44.7 Å². The summed E-state index contributed by atoms with van der Waals surface area (Å²) >= 11 is 0. The Morgan fingerprint density at radius 1 is 1.35 bits per heavy atom. The standard InChI is InChI=1S/C16H22N2O2/c1-19-15-7-5-6-13(12-18-14-8-9-14)16(15)20-11-4-2-3-10-17/h5-7,14,18H,2-4,8-9,11-12H2,1H3. The van der Waals surface area contributed by atoms with Crippen molar-refractivity contribution in [3.05, 3.63) is 23.8 Å². The third-order valence-electron chi connectivity index (χ3n) is 3.37. The topological polar surface area (TPSA) is 54.3 Å². The van der Waals surface area contributed by atoms with Crippen LogP contribution in [0.3, 0.4) is 0 Å². The van der Waals surface area contributed by atoms with Crippen LogP contribution in [-0.4, -0.2) is 19.8 Å².